The van der Waals surface area contributed by atoms with Crippen molar-refractivity contribution in [3.63, 3.8) is 0 Å². The lowest BCUT2D eigenvalue weighted by atomic mass is 10.2. The summed E-state index contributed by atoms with van der Waals surface area (Å²) in [6.07, 6.45) is 4.72. The first-order valence-corrected chi connectivity index (χ1v) is 12.2. The SMILES string of the molecule is O=S(=O)(c1ccc(-c2csc(N/N=C/c3cccs3)n2)cc1)N1CCCCC1. The fraction of sp³-hybridized carbons (Fsp3) is 0.263. The van der Waals surface area contributed by atoms with Crippen molar-refractivity contribution in [3.8, 4) is 11.3 Å². The molecule has 4 rings (SSSR count). The van der Waals surface area contributed by atoms with E-state index in [1.54, 1.807) is 34.0 Å². The number of hydrogen-bond acceptors (Lipinski definition) is 7. The predicted octanol–water partition coefficient (Wildman–Crippen LogP) is 4.49. The fourth-order valence-corrected chi connectivity index (χ4v) is 5.80. The Morgan fingerprint density at radius 3 is 2.57 bits per heavy atom. The Labute approximate surface area is 172 Å². The highest BCUT2D eigenvalue weighted by molar-refractivity contribution is 7.89. The first kappa shape index (κ1) is 19.3. The number of piperidine rings is 1. The van der Waals surface area contributed by atoms with Crippen LogP contribution >= 0.6 is 22.7 Å². The second-order valence-corrected chi connectivity index (χ2v) is 10.2. The van der Waals surface area contributed by atoms with E-state index in [2.05, 4.69) is 15.5 Å². The van der Waals surface area contributed by atoms with Crippen LogP contribution in [-0.2, 0) is 10.0 Å². The smallest absolute Gasteiger partial charge is 0.243 e. The highest BCUT2D eigenvalue weighted by Crippen LogP contribution is 2.27. The molecule has 3 aromatic rings. The molecule has 1 N–H and O–H groups in total. The topological polar surface area (TPSA) is 74.7 Å². The lowest BCUT2D eigenvalue weighted by Gasteiger charge is -2.25. The molecule has 0 spiro atoms. The first-order chi connectivity index (χ1) is 13.6. The van der Waals surface area contributed by atoms with Crippen LogP contribution in [0.2, 0.25) is 0 Å². The van der Waals surface area contributed by atoms with Gasteiger partial charge in [0, 0.05) is 28.9 Å². The Morgan fingerprint density at radius 2 is 1.86 bits per heavy atom. The fourth-order valence-electron chi connectivity index (χ4n) is 3.03. The van der Waals surface area contributed by atoms with Gasteiger partial charge in [-0.2, -0.15) is 9.41 Å². The molecule has 0 aliphatic carbocycles. The van der Waals surface area contributed by atoms with Gasteiger partial charge in [-0.25, -0.2) is 13.4 Å². The molecule has 1 aliphatic rings. The zero-order valence-corrected chi connectivity index (χ0v) is 17.6. The maximum Gasteiger partial charge on any atom is 0.243 e. The monoisotopic (exact) mass is 432 g/mol. The molecule has 28 heavy (non-hydrogen) atoms. The van der Waals surface area contributed by atoms with Crippen LogP contribution in [0.15, 0.2) is 57.2 Å². The number of nitrogens with zero attached hydrogens (tertiary/aromatic N) is 3. The number of sulfonamides is 1. The second-order valence-electron chi connectivity index (χ2n) is 6.41. The van der Waals surface area contributed by atoms with Gasteiger partial charge in [0.2, 0.25) is 15.2 Å². The average molecular weight is 433 g/mol. The number of rotatable bonds is 6. The lowest BCUT2D eigenvalue weighted by Crippen LogP contribution is -2.35. The number of hydrogen-bond donors (Lipinski definition) is 1. The average Bonchev–Trinajstić information content (AvgIpc) is 3.41. The normalized spacial score (nSPS) is 15.9. The number of hydrazone groups is 1. The number of thiophene rings is 1. The molecular weight excluding hydrogens is 412 g/mol. The van der Waals surface area contributed by atoms with Crippen molar-refractivity contribution in [3.05, 3.63) is 52.0 Å². The third-order valence-electron chi connectivity index (χ3n) is 4.50. The summed E-state index contributed by atoms with van der Waals surface area (Å²) in [5.41, 5.74) is 4.60. The van der Waals surface area contributed by atoms with Crippen LogP contribution in [0.1, 0.15) is 24.1 Å². The molecule has 3 heterocycles. The molecule has 9 heteroatoms. The van der Waals surface area contributed by atoms with Gasteiger partial charge in [-0.05, 0) is 36.4 Å². The summed E-state index contributed by atoms with van der Waals surface area (Å²) in [5, 5.41) is 8.80. The Bertz CT molecular complexity index is 1040. The van der Waals surface area contributed by atoms with Gasteiger partial charge in [0.05, 0.1) is 16.8 Å². The van der Waals surface area contributed by atoms with Crippen LogP contribution < -0.4 is 5.43 Å². The molecule has 2 aromatic heterocycles. The van der Waals surface area contributed by atoms with E-state index in [0.717, 1.165) is 35.4 Å². The molecule has 0 atom stereocenters. The Balaban J connectivity index is 1.45. The van der Waals surface area contributed by atoms with Gasteiger partial charge >= 0.3 is 0 Å². The maximum atomic E-state index is 12.7. The molecule has 6 nitrogen and oxygen atoms in total. The minimum atomic E-state index is -3.40. The van der Waals surface area contributed by atoms with E-state index < -0.39 is 10.0 Å². The molecule has 0 amide bonds. The number of anilines is 1. The van der Waals surface area contributed by atoms with Crippen LogP contribution in [0.3, 0.4) is 0 Å². The maximum absolute atomic E-state index is 12.7. The Hall–Kier alpha value is -2.07. The van der Waals surface area contributed by atoms with Crippen molar-refractivity contribution < 1.29 is 8.42 Å². The van der Waals surface area contributed by atoms with Gasteiger partial charge in [0.1, 0.15) is 0 Å². The molecule has 146 valence electrons. The number of benzene rings is 1. The van der Waals surface area contributed by atoms with E-state index >= 15 is 0 Å². The third kappa shape index (κ3) is 4.33. The molecule has 0 radical (unpaired) electrons. The zero-order chi connectivity index (χ0) is 19.4. The predicted molar refractivity (Wildman–Crippen MR) is 116 cm³/mol. The van der Waals surface area contributed by atoms with Crippen molar-refractivity contribution in [2.75, 3.05) is 18.5 Å². The summed E-state index contributed by atoms with van der Waals surface area (Å²) in [6.45, 7) is 1.22. The van der Waals surface area contributed by atoms with E-state index in [0.29, 0.717) is 23.1 Å². The molecule has 1 aromatic carbocycles. The quantitative estimate of drug-likeness (QED) is 0.460. The molecule has 1 aliphatic heterocycles. The Kier molecular flexibility index (Phi) is 5.86. The number of thiazole rings is 1. The van der Waals surface area contributed by atoms with E-state index in [1.807, 2.05) is 35.0 Å². The minimum absolute atomic E-state index is 0.340. The molecule has 0 unspecified atom stereocenters. The van der Waals surface area contributed by atoms with Crippen molar-refractivity contribution >= 4 is 44.0 Å². The van der Waals surface area contributed by atoms with Crippen LogP contribution in [0.4, 0.5) is 5.13 Å². The summed E-state index contributed by atoms with van der Waals surface area (Å²) in [7, 11) is -3.40. The van der Waals surface area contributed by atoms with Crippen molar-refractivity contribution in [1.29, 1.82) is 0 Å². The van der Waals surface area contributed by atoms with Crippen LogP contribution in [-0.4, -0.2) is 37.0 Å². The van der Waals surface area contributed by atoms with E-state index in [1.165, 1.54) is 11.3 Å². The van der Waals surface area contributed by atoms with E-state index in [4.69, 9.17) is 0 Å². The summed E-state index contributed by atoms with van der Waals surface area (Å²) >= 11 is 3.07. The largest absolute Gasteiger partial charge is 0.253 e. The van der Waals surface area contributed by atoms with Gasteiger partial charge < -0.3 is 0 Å². The highest BCUT2D eigenvalue weighted by Gasteiger charge is 2.25. The van der Waals surface area contributed by atoms with Crippen LogP contribution in [0, 0.1) is 0 Å². The third-order valence-corrected chi connectivity index (χ3v) is 7.97. The molecular formula is C19H20N4O2S3. The van der Waals surface area contributed by atoms with E-state index in [-0.39, 0.29) is 0 Å². The lowest BCUT2D eigenvalue weighted by molar-refractivity contribution is 0.346. The first-order valence-electron chi connectivity index (χ1n) is 9.02. The van der Waals surface area contributed by atoms with Gasteiger partial charge in [0.25, 0.3) is 0 Å². The summed E-state index contributed by atoms with van der Waals surface area (Å²) in [5.74, 6) is 0. The van der Waals surface area contributed by atoms with Crippen molar-refractivity contribution in [1.82, 2.24) is 9.29 Å². The van der Waals surface area contributed by atoms with E-state index in [9.17, 15) is 8.42 Å². The van der Waals surface area contributed by atoms with Gasteiger partial charge in [0.15, 0.2) is 0 Å². The van der Waals surface area contributed by atoms with Gasteiger partial charge in [-0.15, -0.1) is 22.7 Å². The van der Waals surface area contributed by atoms with Crippen LogP contribution in [0.5, 0.6) is 0 Å². The van der Waals surface area contributed by atoms with Crippen molar-refractivity contribution in [2.45, 2.75) is 24.2 Å². The van der Waals surface area contributed by atoms with Gasteiger partial charge in [-0.3, -0.25) is 5.43 Å². The molecule has 1 fully saturated rings. The second kappa shape index (κ2) is 8.52. The zero-order valence-electron chi connectivity index (χ0n) is 15.1. The highest BCUT2D eigenvalue weighted by atomic mass is 32.2. The molecule has 0 bridgehead atoms. The summed E-state index contributed by atoms with van der Waals surface area (Å²) in [4.78, 5) is 5.92. The summed E-state index contributed by atoms with van der Waals surface area (Å²) in [6, 6.07) is 10.9. The van der Waals surface area contributed by atoms with Gasteiger partial charge in [-0.1, -0.05) is 24.6 Å². The van der Waals surface area contributed by atoms with Crippen molar-refractivity contribution in [2.24, 2.45) is 5.10 Å². The molecule has 1 saturated heterocycles. The Morgan fingerprint density at radius 1 is 1.07 bits per heavy atom. The number of nitrogens with one attached hydrogen (secondary N) is 1. The summed E-state index contributed by atoms with van der Waals surface area (Å²) < 4.78 is 27.1. The minimum Gasteiger partial charge on any atom is -0.253 e. The number of aromatic nitrogens is 1. The van der Waals surface area contributed by atoms with Crippen LogP contribution in [0.25, 0.3) is 11.3 Å². The standard InChI is InChI=1S/C19H20N4O2S3/c24-28(25,23-10-2-1-3-11-23)17-8-6-15(7-9-17)18-14-27-19(21-18)22-20-13-16-5-4-12-26-16/h4-9,12-14H,1-3,10-11H2,(H,21,22)/b20-13+. The molecule has 0 saturated carbocycles.